The van der Waals surface area contributed by atoms with E-state index >= 15 is 0 Å². The molecule has 2 saturated heterocycles. The number of morpholine rings is 1. The van der Waals surface area contributed by atoms with Crippen LogP contribution in [0, 0.1) is 6.92 Å². The van der Waals surface area contributed by atoms with Gasteiger partial charge in [-0.1, -0.05) is 0 Å². The number of ether oxygens (including phenoxy) is 1. The van der Waals surface area contributed by atoms with Crippen LogP contribution in [0.3, 0.4) is 0 Å². The molecule has 3 heterocycles. The molecule has 2 fully saturated rings. The van der Waals surface area contributed by atoms with Gasteiger partial charge in [0.15, 0.2) is 0 Å². The minimum Gasteiger partial charge on any atom is -0.461 e. The Balaban J connectivity index is 1.55. The fourth-order valence-electron chi connectivity index (χ4n) is 3.74. The van der Waals surface area contributed by atoms with Gasteiger partial charge in [-0.25, -0.2) is 0 Å². The third-order valence-corrected chi connectivity index (χ3v) is 5.01. The van der Waals surface area contributed by atoms with E-state index in [-0.39, 0.29) is 17.9 Å². The Kier molecular flexibility index (Phi) is 4.21. The quantitative estimate of drug-likeness (QED) is 0.839. The number of hydrogen-bond acceptors (Lipinski definition) is 4. The van der Waals surface area contributed by atoms with Crippen molar-refractivity contribution in [3.8, 4) is 0 Å². The van der Waals surface area contributed by atoms with E-state index in [0.717, 1.165) is 29.6 Å². The van der Waals surface area contributed by atoms with Crippen molar-refractivity contribution in [2.45, 2.75) is 25.8 Å². The molecule has 0 aliphatic carbocycles. The molecule has 1 unspecified atom stereocenters. The minimum atomic E-state index is -0.354. The van der Waals surface area contributed by atoms with Crippen molar-refractivity contribution in [2.24, 2.45) is 0 Å². The average Bonchev–Trinajstić information content (AvgIpc) is 3.26. The molecule has 1 aromatic heterocycles. The molecule has 2 amide bonds. The van der Waals surface area contributed by atoms with Crippen LogP contribution in [0.25, 0.3) is 11.0 Å². The summed E-state index contributed by atoms with van der Waals surface area (Å²) in [6.45, 7) is 4.88. The summed E-state index contributed by atoms with van der Waals surface area (Å²) in [5, 5.41) is 0.915. The van der Waals surface area contributed by atoms with Gasteiger partial charge in [0.2, 0.25) is 5.91 Å². The highest BCUT2D eigenvalue weighted by atomic mass is 16.5. The molecule has 6 heteroatoms. The minimum absolute atomic E-state index is 0.0504. The molecular weight excluding hydrogens is 320 g/mol. The standard InChI is InChI=1S/C19H22N2O4/c1-13-11-15-12-14(4-5-17(15)25-13)18(22)21-6-2-3-16(21)19(23)20-7-9-24-10-8-20/h4-5,11-12,16H,2-3,6-10H2,1H3. The maximum Gasteiger partial charge on any atom is 0.254 e. The molecule has 4 rings (SSSR count). The van der Waals surface area contributed by atoms with Crippen LogP contribution in [0.1, 0.15) is 29.0 Å². The molecule has 2 aromatic rings. The van der Waals surface area contributed by atoms with Crippen molar-refractivity contribution in [2.75, 3.05) is 32.8 Å². The number of rotatable bonds is 2. The third-order valence-electron chi connectivity index (χ3n) is 5.01. The van der Waals surface area contributed by atoms with Gasteiger partial charge in [0.05, 0.1) is 13.2 Å². The molecule has 6 nitrogen and oxygen atoms in total. The van der Waals surface area contributed by atoms with Gasteiger partial charge in [-0.05, 0) is 44.0 Å². The van der Waals surface area contributed by atoms with Crippen LogP contribution in [0.5, 0.6) is 0 Å². The number of furan rings is 1. The molecule has 0 saturated carbocycles. The van der Waals surface area contributed by atoms with E-state index in [2.05, 4.69) is 0 Å². The average molecular weight is 342 g/mol. The van der Waals surface area contributed by atoms with Gasteiger partial charge in [-0.3, -0.25) is 9.59 Å². The van der Waals surface area contributed by atoms with Crippen molar-refractivity contribution in [3.05, 3.63) is 35.6 Å². The van der Waals surface area contributed by atoms with Crippen molar-refractivity contribution in [3.63, 3.8) is 0 Å². The number of benzene rings is 1. The number of nitrogens with zero attached hydrogens (tertiary/aromatic N) is 2. The van der Waals surface area contributed by atoms with Crippen molar-refractivity contribution in [1.29, 1.82) is 0 Å². The van der Waals surface area contributed by atoms with E-state index in [0.29, 0.717) is 38.4 Å². The highest BCUT2D eigenvalue weighted by molar-refractivity contribution is 6.00. The van der Waals surface area contributed by atoms with E-state index in [1.54, 1.807) is 11.0 Å². The van der Waals surface area contributed by atoms with Crippen LogP contribution in [0.2, 0.25) is 0 Å². The lowest BCUT2D eigenvalue weighted by molar-refractivity contribution is -0.139. The monoisotopic (exact) mass is 342 g/mol. The number of carbonyl (C=O) groups excluding carboxylic acids is 2. The summed E-state index contributed by atoms with van der Waals surface area (Å²) >= 11 is 0. The fourth-order valence-corrected chi connectivity index (χ4v) is 3.74. The van der Waals surface area contributed by atoms with Crippen molar-refractivity contribution in [1.82, 2.24) is 9.80 Å². The lowest BCUT2D eigenvalue weighted by atomic mass is 10.1. The fraction of sp³-hybridized carbons (Fsp3) is 0.474. The molecule has 2 aliphatic heterocycles. The summed E-state index contributed by atoms with van der Waals surface area (Å²) < 4.78 is 10.9. The Morgan fingerprint density at radius 1 is 1.12 bits per heavy atom. The number of aryl methyl sites for hydroxylation is 1. The molecule has 0 N–H and O–H groups in total. The highest BCUT2D eigenvalue weighted by Crippen LogP contribution is 2.25. The molecule has 0 bridgehead atoms. The van der Waals surface area contributed by atoms with E-state index in [4.69, 9.17) is 9.15 Å². The lowest BCUT2D eigenvalue weighted by Gasteiger charge is -2.32. The Labute approximate surface area is 146 Å². The van der Waals surface area contributed by atoms with Crippen LogP contribution in [0.4, 0.5) is 0 Å². The summed E-state index contributed by atoms with van der Waals surface area (Å²) in [7, 11) is 0. The SMILES string of the molecule is Cc1cc2cc(C(=O)N3CCCC3C(=O)N3CCOCC3)ccc2o1. The molecule has 0 radical (unpaired) electrons. The van der Waals surface area contributed by atoms with Gasteiger partial charge in [0, 0.05) is 30.6 Å². The number of likely N-dealkylation sites (tertiary alicyclic amines) is 1. The van der Waals surface area contributed by atoms with E-state index < -0.39 is 0 Å². The normalized spacial score (nSPS) is 21.1. The molecule has 1 aromatic carbocycles. The first-order valence-electron chi connectivity index (χ1n) is 8.81. The largest absolute Gasteiger partial charge is 0.461 e. The zero-order valence-corrected chi connectivity index (χ0v) is 14.4. The molecule has 132 valence electrons. The van der Waals surface area contributed by atoms with Crippen LogP contribution in [0.15, 0.2) is 28.7 Å². The van der Waals surface area contributed by atoms with E-state index in [1.165, 1.54) is 0 Å². The van der Waals surface area contributed by atoms with Gasteiger partial charge >= 0.3 is 0 Å². The highest BCUT2D eigenvalue weighted by Gasteiger charge is 2.37. The zero-order valence-electron chi connectivity index (χ0n) is 14.4. The summed E-state index contributed by atoms with van der Waals surface area (Å²) in [6.07, 6.45) is 1.59. The van der Waals surface area contributed by atoms with Crippen LogP contribution in [-0.4, -0.2) is 60.5 Å². The predicted molar refractivity (Wildman–Crippen MR) is 92.4 cm³/mol. The zero-order chi connectivity index (χ0) is 17.4. The number of amides is 2. The number of fused-ring (bicyclic) bond motifs is 1. The van der Waals surface area contributed by atoms with Gasteiger partial charge in [0.1, 0.15) is 17.4 Å². The van der Waals surface area contributed by atoms with Crippen LogP contribution < -0.4 is 0 Å². The smallest absolute Gasteiger partial charge is 0.254 e. The summed E-state index contributed by atoms with van der Waals surface area (Å²) in [4.78, 5) is 29.4. The van der Waals surface area contributed by atoms with E-state index in [1.807, 2.05) is 30.0 Å². The van der Waals surface area contributed by atoms with Crippen LogP contribution >= 0.6 is 0 Å². The number of carbonyl (C=O) groups is 2. The molecule has 0 spiro atoms. The van der Waals surface area contributed by atoms with Gasteiger partial charge in [0.25, 0.3) is 5.91 Å². The molecule has 1 atom stereocenters. The number of hydrogen-bond donors (Lipinski definition) is 0. The Morgan fingerprint density at radius 3 is 2.72 bits per heavy atom. The van der Waals surface area contributed by atoms with Gasteiger partial charge in [-0.15, -0.1) is 0 Å². The third kappa shape index (κ3) is 3.02. The summed E-state index contributed by atoms with van der Waals surface area (Å²) in [6, 6.07) is 7.02. The lowest BCUT2D eigenvalue weighted by Crippen LogP contribution is -2.51. The Bertz CT molecular complexity index is 807. The second-order valence-electron chi connectivity index (χ2n) is 6.70. The summed E-state index contributed by atoms with van der Waals surface area (Å²) in [5.74, 6) is 0.792. The predicted octanol–water partition coefficient (Wildman–Crippen LogP) is 2.20. The second-order valence-corrected chi connectivity index (χ2v) is 6.70. The van der Waals surface area contributed by atoms with Crippen molar-refractivity contribution < 1.29 is 18.7 Å². The van der Waals surface area contributed by atoms with Gasteiger partial charge < -0.3 is 19.0 Å². The Hall–Kier alpha value is -2.34. The first-order valence-corrected chi connectivity index (χ1v) is 8.81. The first kappa shape index (κ1) is 16.1. The molecule has 2 aliphatic rings. The Morgan fingerprint density at radius 2 is 1.92 bits per heavy atom. The van der Waals surface area contributed by atoms with Crippen molar-refractivity contribution >= 4 is 22.8 Å². The molecular formula is C19H22N2O4. The topological polar surface area (TPSA) is 63.0 Å². The first-order chi connectivity index (χ1) is 12.1. The maximum atomic E-state index is 13.0. The second kappa shape index (κ2) is 6.52. The van der Waals surface area contributed by atoms with Crippen LogP contribution in [-0.2, 0) is 9.53 Å². The van der Waals surface area contributed by atoms with Gasteiger partial charge in [-0.2, -0.15) is 0 Å². The molecule has 25 heavy (non-hydrogen) atoms. The maximum absolute atomic E-state index is 13.0. The summed E-state index contributed by atoms with van der Waals surface area (Å²) in [5.41, 5.74) is 1.38. The van der Waals surface area contributed by atoms with E-state index in [9.17, 15) is 9.59 Å².